The fraction of sp³-hybridized carbons (Fsp3) is 0.467. The molecule has 1 saturated heterocycles. The number of amides is 3. The maximum absolute atomic E-state index is 13.0. The van der Waals surface area contributed by atoms with E-state index in [2.05, 4.69) is 10.6 Å². The van der Waals surface area contributed by atoms with Gasteiger partial charge in [-0.1, -0.05) is 26.0 Å². The van der Waals surface area contributed by atoms with E-state index in [-0.39, 0.29) is 30.6 Å². The number of carbonyl (C=O) groups excluding carboxylic acids is 2. The van der Waals surface area contributed by atoms with Gasteiger partial charge in [-0.25, -0.2) is 4.79 Å². The summed E-state index contributed by atoms with van der Waals surface area (Å²) in [5.41, 5.74) is -1.24. The molecule has 3 amide bonds. The number of nitrogens with one attached hydrogen (secondary N) is 2. The van der Waals surface area contributed by atoms with Crippen molar-refractivity contribution >= 4 is 17.6 Å². The smallest absolute Gasteiger partial charge is 0.353 e. The second kappa shape index (κ2) is 6.47. The van der Waals surface area contributed by atoms with Gasteiger partial charge in [0.1, 0.15) is 6.04 Å². The molecule has 1 aliphatic heterocycles. The first-order chi connectivity index (χ1) is 10.7. The van der Waals surface area contributed by atoms with Crippen molar-refractivity contribution in [1.82, 2.24) is 10.2 Å². The van der Waals surface area contributed by atoms with Crippen LogP contribution in [-0.4, -0.2) is 36.0 Å². The second-order valence-electron chi connectivity index (χ2n) is 5.65. The maximum Gasteiger partial charge on any atom is 0.418 e. The van der Waals surface area contributed by atoms with E-state index in [0.717, 1.165) is 6.07 Å². The number of para-hydroxylation sites is 1. The zero-order valence-electron chi connectivity index (χ0n) is 12.8. The van der Waals surface area contributed by atoms with Crippen LogP contribution in [0.25, 0.3) is 0 Å². The van der Waals surface area contributed by atoms with Gasteiger partial charge in [0.15, 0.2) is 0 Å². The molecule has 1 heterocycles. The van der Waals surface area contributed by atoms with Crippen molar-refractivity contribution in [3.05, 3.63) is 29.8 Å². The topological polar surface area (TPSA) is 61.4 Å². The van der Waals surface area contributed by atoms with Gasteiger partial charge < -0.3 is 15.5 Å². The minimum atomic E-state index is -4.57. The average molecular weight is 329 g/mol. The van der Waals surface area contributed by atoms with Gasteiger partial charge in [-0.15, -0.1) is 0 Å². The number of nitrogens with zero attached hydrogens (tertiary/aromatic N) is 1. The summed E-state index contributed by atoms with van der Waals surface area (Å²) < 4.78 is 38.9. The summed E-state index contributed by atoms with van der Waals surface area (Å²) in [7, 11) is 0. The van der Waals surface area contributed by atoms with E-state index in [1.807, 2.05) is 0 Å². The fourth-order valence-electron chi connectivity index (χ4n) is 2.60. The number of urea groups is 1. The Kier molecular flexibility index (Phi) is 4.82. The Morgan fingerprint density at radius 1 is 1.35 bits per heavy atom. The highest BCUT2D eigenvalue weighted by Crippen LogP contribution is 2.34. The monoisotopic (exact) mass is 329 g/mol. The molecule has 0 spiro atoms. The van der Waals surface area contributed by atoms with Crippen molar-refractivity contribution in [3.8, 4) is 0 Å². The summed E-state index contributed by atoms with van der Waals surface area (Å²) >= 11 is 0. The van der Waals surface area contributed by atoms with Crippen molar-refractivity contribution < 1.29 is 22.8 Å². The third-order valence-corrected chi connectivity index (χ3v) is 3.62. The summed E-state index contributed by atoms with van der Waals surface area (Å²) in [5, 5.41) is 4.94. The Hall–Kier alpha value is -2.25. The number of anilines is 1. The van der Waals surface area contributed by atoms with Crippen LogP contribution < -0.4 is 10.6 Å². The van der Waals surface area contributed by atoms with Crippen LogP contribution in [0.1, 0.15) is 19.4 Å². The number of halogens is 3. The number of hydrogen-bond acceptors (Lipinski definition) is 2. The molecule has 1 aromatic carbocycles. The molecule has 0 saturated carbocycles. The molecule has 0 aromatic heterocycles. The lowest BCUT2D eigenvalue weighted by Crippen LogP contribution is -2.60. The van der Waals surface area contributed by atoms with Crippen LogP contribution in [0.3, 0.4) is 0 Å². The van der Waals surface area contributed by atoms with E-state index in [1.165, 1.54) is 23.1 Å². The first kappa shape index (κ1) is 17.1. The van der Waals surface area contributed by atoms with Crippen LogP contribution in [0.5, 0.6) is 0 Å². The third kappa shape index (κ3) is 3.75. The largest absolute Gasteiger partial charge is 0.418 e. The Morgan fingerprint density at radius 3 is 2.61 bits per heavy atom. The predicted octanol–water partition coefficient (Wildman–Crippen LogP) is 2.69. The standard InChI is InChI=1S/C15H18F3N3O2/c1-9(2)12-13(22)19-7-8-21(12)14(23)20-11-6-4-3-5-10(11)15(16,17)18/h3-6,9,12H,7-8H2,1-2H3,(H,19,22)(H,20,23)/t12-/m1/s1. The highest BCUT2D eigenvalue weighted by atomic mass is 19.4. The molecular formula is C15H18F3N3O2. The summed E-state index contributed by atoms with van der Waals surface area (Å²) in [4.78, 5) is 25.6. The lowest BCUT2D eigenvalue weighted by atomic mass is 10.00. The molecule has 2 rings (SSSR count). The molecule has 126 valence electrons. The average Bonchev–Trinajstić information content (AvgIpc) is 2.46. The van der Waals surface area contributed by atoms with Crippen LogP contribution in [0, 0.1) is 5.92 Å². The van der Waals surface area contributed by atoms with E-state index in [4.69, 9.17) is 0 Å². The molecule has 2 N–H and O–H groups in total. The first-order valence-electron chi connectivity index (χ1n) is 7.23. The quantitative estimate of drug-likeness (QED) is 0.876. The zero-order chi connectivity index (χ0) is 17.2. The van der Waals surface area contributed by atoms with Gasteiger partial charge in [-0.05, 0) is 18.1 Å². The Labute approximate surface area is 131 Å². The van der Waals surface area contributed by atoms with Crippen LogP contribution >= 0.6 is 0 Å². The summed E-state index contributed by atoms with van der Waals surface area (Å²) in [5.74, 6) is -0.454. The number of carbonyl (C=O) groups is 2. The summed E-state index contributed by atoms with van der Waals surface area (Å²) in [6.07, 6.45) is -4.57. The van der Waals surface area contributed by atoms with E-state index in [0.29, 0.717) is 0 Å². The Morgan fingerprint density at radius 2 is 2.00 bits per heavy atom. The van der Waals surface area contributed by atoms with E-state index in [1.54, 1.807) is 13.8 Å². The molecule has 5 nitrogen and oxygen atoms in total. The number of alkyl halides is 3. The predicted molar refractivity (Wildman–Crippen MR) is 78.8 cm³/mol. The number of benzene rings is 1. The van der Waals surface area contributed by atoms with Gasteiger partial charge in [0.2, 0.25) is 5.91 Å². The highest BCUT2D eigenvalue weighted by molar-refractivity contribution is 5.95. The van der Waals surface area contributed by atoms with E-state index in [9.17, 15) is 22.8 Å². The molecule has 23 heavy (non-hydrogen) atoms. The van der Waals surface area contributed by atoms with Gasteiger partial charge >= 0.3 is 12.2 Å². The molecule has 1 aliphatic rings. The van der Waals surface area contributed by atoms with Crippen LogP contribution in [0.4, 0.5) is 23.7 Å². The van der Waals surface area contributed by atoms with E-state index >= 15 is 0 Å². The second-order valence-corrected chi connectivity index (χ2v) is 5.65. The third-order valence-electron chi connectivity index (χ3n) is 3.62. The summed E-state index contributed by atoms with van der Waals surface area (Å²) in [6.45, 7) is 4.07. The minimum absolute atomic E-state index is 0.154. The van der Waals surface area contributed by atoms with Crippen molar-refractivity contribution in [3.63, 3.8) is 0 Å². The number of piperazine rings is 1. The SMILES string of the molecule is CC(C)[C@@H]1C(=O)NCCN1C(=O)Nc1ccccc1C(F)(F)F. The molecule has 1 aromatic rings. The van der Waals surface area contributed by atoms with Gasteiger partial charge in [-0.2, -0.15) is 13.2 Å². The number of rotatable bonds is 2. The Bertz CT molecular complexity index is 602. The Balaban J connectivity index is 2.23. The zero-order valence-corrected chi connectivity index (χ0v) is 12.8. The maximum atomic E-state index is 13.0. The molecule has 0 unspecified atom stereocenters. The molecule has 1 atom stereocenters. The van der Waals surface area contributed by atoms with Crippen LogP contribution in [0.2, 0.25) is 0 Å². The molecule has 0 radical (unpaired) electrons. The van der Waals surface area contributed by atoms with Crippen molar-refractivity contribution in [2.45, 2.75) is 26.1 Å². The summed E-state index contributed by atoms with van der Waals surface area (Å²) in [6, 6.07) is 3.34. The normalized spacial score (nSPS) is 18.8. The molecule has 0 aliphatic carbocycles. The van der Waals surface area contributed by atoms with Crippen molar-refractivity contribution in [2.75, 3.05) is 18.4 Å². The lowest BCUT2D eigenvalue weighted by molar-refractivity contribution is -0.137. The first-order valence-corrected chi connectivity index (χ1v) is 7.23. The molecular weight excluding hydrogens is 311 g/mol. The van der Waals surface area contributed by atoms with Gasteiger partial charge in [0.25, 0.3) is 0 Å². The molecule has 8 heteroatoms. The van der Waals surface area contributed by atoms with E-state index < -0.39 is 23.8 Å². The van der Waals surface area contributed by atoms with Crippen LogP contribution in [-0.2, 0) is 11.0 Å². The number of hydrogen-bond donors (Lipinski definition) is 2. The molecule has 1 fully saturated rings. The minimum Gasteiger partial charge on any atom is -0.353 e. The van der Waals surface area contributed by atoms with Gasteiger partial charge in [0.05, 0.1) is 11.3 Å². The lowest BCUT2D eigenvalue weighted by Gasteiger charge is -2.37. The van der Waals surface area contributed by atoms with Crippen LogP contribution in [0.15, 0.2) is 24.3 Å². The van der Waals surface area contributed by atoms with Crippen molar-refractivity contribution in [2.24, 2.45) is 5.92 Å². The van der Waals surface area contributed by atoms with Gasteiger partial charge in [0, 0.05) is 13.1 Å². The van der Waals surface area contributed by atoms with Crippen molar-refractivity contribution in [1.29, 1.82) is 0 Å². The fourth-order valence-corrected chi connectivity index (χ4v) is 2.60. The highest BCUT2D eigenvalue weighted by Gasteiger charge is 2.37. The van der Waals surface area contributed by atoms with Gasteiger partial charge in [-0.3, -0.25) is 4.79 Å². The molecule has 0 bridgehead atoms.